The average Bonchev–Trinajstić information content (AvgIpc) is 2.53. The minimum absolute atomic E-state index is 0.0287. The highest BCUT2D eigenvalue weighted by atomic mass is 32.2. The molecular formula is C17H26N2O2S. The van der Waals surface area contributed by atoms with E-state index < -0.39 is 10.8 Å². The number of carbonyl (C=O) groups excluding carboxylic acids is 1. The Kier molecular flexibility index (Phi) is 6.58. The summed E-state index contributed by atoms with van der Waals surface area (Å²) in [6.07, 6.45) is 2.12. The number of likely N-dealkylation sites (tertiary alicyclic amines) is 1. The van der Waals surface area contributed by atoms with Crippen LogP contribution < -0.4 is 5.32 Å². The number of carbonyl (C=O) groups is 1. The second kappa shape index (κ2) is 8.44. The van der Waals surface area contributed by atoms with Gasteiger partial charge in [0.2, 0.25) is 5.91 Å². The molecule has 2 rings (SSSR count). The summed E-state index contributed by atoms with van der Waals surface area (Å²) in [7, 11) is -0.943. The summed E-state index contributed by atoms with van der Waals surface area (Å²) in [5.74, 6) is 0.801. The number of benzene rings is 1. The Balaban J connectivity index is 1.78. The molecule has 0 spiro atoms. The van der Waals surface area contributed by atoms with Gasteiger partial charge in [-0.3, -0.25) is 9.00 Å². The fourth-order valence-corrected chi connectivity index (χ4v) is 3.77. The highest BCUT2D eigenvalue weighted by Gasteiger charge is 2.22. The average molecular weight is 322 g/mol. The maximum absolute atomic E-state index is 12.3. The van der Waals surface area contributed by atoms with Gasteiger partial charge in [0, 0.05) is 35.7 Å². The fraction of sp³-hybridized carbons (Fsp3) is 0.588. The summed E-state index contributed by atoms with van der Waals surface area (Å²) in [5, 5.41) is 3.11. The predicted molar refractivity (Wildman–Crippen MR) is 90.2 cm³/mol. The molecule has 1 aromatic rings. The van der Waals surface area contributed by atoms with Crippen LogP contribution >= 0.6 is 0 Å². The van der Waals surface area contributed by atoms with Crippen molar-refractivity contribution in [1.82, 2.24) is 10.2 Å². The summed E-state index contributed by atoms with van der Waals surface area (Å²) in [4.78, 5) is 15.0. The van der Waals surface area contributed by atoms with Gasteiger partial charge >= 0.3 is 0 Å². The molecule has 0 saturated carbocycles. The van der Waals surface area contributed by atoms with E-state index in [9.17, 15) is 9.00 Å². The van der Waals surface area contributed by atoms with E-state index in [4.69, 9.17) is 0 Å². The van der Waals surface area contributed by atoms with Crippen LogP contribution in [0.2, 0.25) is 0 Å². The van der Waals surface area contributed by atoms with Gasteiger partial charge in [0.1, 0.15) is 0 Å². The molecule has 4 nitrogen and oxygen atoms in total. The van der Waals surface area contributed by atoms with Gasteiger partial charge in [0.05, 0.1) is 10.8 Å². The van der Waals surface area contributed by atoms with Crippen molar-refractivity contribution in [3.05, 3.63) is 30.3 Å². The first-order chi connectivity index (χ1) is 10.6. The third-order valence-corrected chi connectivity index (χ3v) is 5.33. The predicted octanol–water partition coefficient (Wildman–Crippen LogP) is 2.03. The quantitative estimate of drug-likeness (QED) is 0.872. The minimum Gasteiger partial charge on any atom is -0.352 e. The summed E-state index contributed by atoms with van der Waals surface area (Å²) < 4.78 is 12.3. The molecule has 0 aliphatic carbocycles. The molecule has 1 amide bonds. The number of nitrogens with one attached hydrogen (secondary N) is 1. The molecule has 0 aromatic heterocycles. The van der Waals surface area contributed by atoms with Gasteiger partial charge in [-0.25, -0.2) is 0 Å². The molecule has 1 aliphatic rings. The number of hydrogen-bond acceptors (Lipinski definition) is 3. The molecule has 0 unspecified atom stereocenters. The third kappa shape index (κ3) is 5.21. The smallest absolute Gasteiger partial charge is 0.222 e. The van der Waals surface area contributed by atoms with Crippen LogP contribution in [-0.4, -0.2) is 46.4 Å². The SMILES string of the molecule is CC(C)C(=O)N[C@H]1CCCN(CC[S@@](=O)c2ccccc2)C1. The topological polar surface area (TPSA) is 49.4 Å². The lowest BCUT2D eigenvalue weighted by Gasteiger charge is -2.33. The van der Waals surface area contributed by atoms with Crippen molar-refractivity contribution in [1.29, 1.82) is 0 Å². The first-order valence-electron chi connectivity index (χ1n) is 8.02. The Bertz CT molecular complexity index is 505. The molecule has 2 atom stereocenters. The molecule has 1 saturated heterocycles. The Morgan fingerprint density at radius 3 is 2.77 bits per heavy atom. The van der Waals surface area contributed by atoms with Crippen LogP contribution in [0.15, 0.2) is 35.2 Å². The number of amides is 1. The van der Waals surface area contributed by atoms with Gasteiger partial charge in [-0.2, -0.15) is 0 Å². The molecule has 122 valence electrons. The number of rotatable bonds is 6. The van der Waals surface area contributed by atoms with Gasteiger partial charge in [-0.1, -0.05) is 32.0 Å². The van der Waals surface area contributed by atoms with E-state index in [0.717, 1.165) is 37.4 Å². The van der Waals surface area contributed by atoms with Gasteiger partial charge < -0.3 is 10.2 Å². The van der Waals surface area contributed by atoms with Crippen LogP contribution in [0.25, 0.3) is 0 Å². The van der Waals surface area contributed by atoms with Gasteiger partial charge in [-0.15, -0.1) is 0 Å². The summed E-state index contributed by atoms with van der Waals surface area (Å²) in [5.41, 5.74) is 0. The summed E-state index contributed by atoms with van der Waals surface area (Å²) >= 11 is 0. The van der Waals surface area contributed by atoms with Crippen molar-refractivity contribution in [2.75, 3.05) is 25.4 Å². The van der Waals surface area contributed by atoms with Gasteiger partial charge in [-0.05, 0) is 31.5 Å². The lowest BCUT2D eigenvalue weighted by Crippen LogP contribution is -2.49. The van der Waals surface area contributed by atoms with Crippen molar-refractivity contribution >= 4 is 16.7 Å². The number of piperidine rings is 1. The zero-order chi connectivity index (χ0) is 15.9. The van der Waals surface area contributed by atoms with E-state index >= 15 is 0 Å². The van der Waals surface area contributed by atoms with Crippen LogP contribution in [0.1, 0.15) is 26.7 Å². The highest BCUT2D eigenvalue weighted by Crippen LogP contribution is 2.12. The van der Waals surface area contributed by atoms with Gasteiger partial charge in [0.25, 0.3) is 0 Å². The molecule has 1 aromatic carbocycles. The normalized spacial score (nSPS) is 20.8. The second-order valence-corrected chi connectivity index (χ2v) is 7.74. The maximum atomic E-state index is 12.3. The monoisotopic (exact) mass is 322 g/mol. The molecule has 1 fully saturated rings. The van der Waals surface area contributed by atoms with Crippen LogP contribution in [0, 0.1) is 5.92 Å². The second-order valence-electron chi connectivity index (χ2n) is 6.17. The molecule has 5 heteroatoms. The zero-order valence-electron chi connectivity index (χ0n) is 13.5. The minimum atomic E-state index is -0.943. The molecule has 0 bridgehead atoms. The van der Waals surface area contributed by atoms with Crippen molar-refractivity contribution < 1.29 is 9.00 Å². The number of hydrogen-bond donors (Lipinski definition) is 1. The van der Waals surface area contributed by atoms with Crippen molar-refractivity contribution in [2.45, 2.75) is 37.6 Å². The Labute approximate surface area is 135 Å². The Hall–Kier alpha value is -1.20. The van der Waals surface area contributed by atoms with Crippen LogP contribution in [0.5, 0.6) is 0 Å². The molecule has 1 aliphatic heterocycles. The number of nitrogens with zero attached hydrogens (tertiary/aromatic N) is 1. The molecule has 0 radical (unpaired) electrons. The van der Waals surface area contributed by atoms with Crippen LogP contribution in [0.3, 0.4) is 0 Å². The lowest BCUT2D eigenvalue weighted by atomic mass is 10.0. The fourth-order valence-electron chi connectivity index (χ4n) is 2.65. The van der Waals surface area contributed by atoms with E-state index in [-0.39, 0.29) is 17.9 Å². The Morgan fingerprint density at radius 2 is 2.09 bits per heavy atom. The summed E-state index contributed by atoms with van der Waals surface area (Å²) in [6.45, 7) is 6.54. The van der Waals surface area contributed by atoms with Gasteiger partial charge in [0.15, 0.2) is 0 Å². The first kappa shape index (κ1) is 17.2. The standard InChI is InChI=1S/C17H26N2O2S/c1-14(2)17(20)18-15-7-6-10-19(13-15)11-12-22(21)16-8-4-3-5-9-16/h3-5,8-9,14-15H,6-7,10-13H2,1-2H3,(H,18,20)/t15-,22+/m0/s1. The van der Waals surface area contributed by atoms with Crippen LogP contribution in [-0.2, 0) is 15.6 Å². The van der Waals surface area contributed by atoms with Crippen LogP contribution in [0.4, 0.5) is 0 Å². The van der Waals surface area contributed by atoms with E-state index in [1.165, 1.54) is 0 Å². The highest BCUT2D eigenvalue weighted by molar-refractivity contribution is 7.85. The van der Waals surface area contributed by atoms with E-state index in [2.05, 4.69) is 10.2 Å². The summed E-state index contributed by atoms with van der Waals surface area (Å²) in [6, 6.07) is 9.84. The molecule has 22 heavy (non-hydrogen) atoms. The van der Waals surface area contributed by atoms with Crippen molar-refractivity contribution in [3.63, 3.8) is 0 Å². The Morgan fingerprint density at radius 1 is 1.36 bits per heavy atom. The van der Waals surface area contributed by atoms with E-state index in [1.54, 1.807) is 0 Å². The molecular weight excluding hydrogens is 296 g/mol. The maximum Gasteiger partial charge on any atom is 0.222 e. The molecule has 1 N–H and O–H groups in total. The van der Waals surface area contributed by atoms with Crippen molar-refractivity contribution in [3.8, 4) is 0 Å². The zero-order valence-corrected chi connectivity index (χ0v) is 14.3. The largest absolute Gasteiger partial charge is 0.352 e. The third-order valence-electron chi connectivity index (χ3n) is 3.98. The van der Waals surface area contributed by atoms with E-state index in [1.807, 2.05) is 44.2 Å². The molecule has 1 heterocycles. The first-order valence-corrected chi connectivity index (χ1v) is 9.34. The lowest BCUT2D eigenvalue weighted by molar-refractivity contribution is -0.125. The van der Waals surface area contributed by atoms with Crippen molar-refractivity contribution in [2.24, 2.45) is 5.92 Å². The van der Waals surface area contributed by atoms with E-state index in [0.29, 0.717) is 5.75 Å².